The topological polar surface area (TPSA) is 55.8 Å². The van der Waals surface area contributed by atoms with E-state index in [4.69, 9.17) is 14.6 Å². The molecule has 3 atom stereocenters. The van der Waals surface area contributed by atoms with Crippen molar-refractivity contribution in [3.8, 4) is 11.5 Å². The lowest BCUT2D eigenvalue weighted by atomic mass is 9.80. The van der Waals surface area contributed by atoms with Crippen molar-refractivity contribution in [1.82, 2.24) is 0 Å². The van der Waals surface area contributed by atoms with E-state index < -0.39 is 5.97 Å². The van der Waals surface area contributed by atoms with Crippen molar-refractivity contribution in [3.63, 3.8) is 0 Å². The summed E-state index contributed by atoms with van der Waals surface area (Å²) < 4.78 is 11.3. The van der Waals surface area contributed by atoms with Crippen molar-refractivity contribution in [3.05, 3.63) is 23.8 Å². The van der Waals surface area contributed by atoms with Crippen molar-refractivity contribution in [1.29, 1.82) is 0 Å². The van der Waals surface area contributed by atoms with Crippen LogP contribution in [0.5, 0.6) is 11.5 Å². The standard InChI is InChI=1S/C16H22O4/c1-10-4-6-13(8-11(10)2)20-15-9-12(16(17)18)5-7-14(15)19-3/h5,7,9-11,13H,4,6,8H2,1-3H3,(H,17,18). The second-order valence-electron chi connectivity index (χ2n) is 5.68. The lowest BCUT2D eigenvalue weighted by Crippen LogP contribution is -2.28. The number of hydrogen-bond donors (Lipinski definition) is 1. The van der Waals surface area contributed by atoms with Gasteiger partial charge in [-0.25, -0.2) is 4.79 Å². The third kappa shape index (κ3) is 3.24. The summed E-state index contributed by atoms with van der Waals surface area (Å²) in [6, 6.07) is 4.72. The number of carboxylic acids is 1. The third-order valence-electron chi connectivity index (χ3n) is 4.25. The highest BCUT2D eigenvalue weighted by Gasteiger charge is 2.26. The monoisotopic (exact) mass is 278 g/mol. The molecule has 0 spiro atoms. The number of benzene rings is 1. The summed E-state index contributed by atoms with van der Waals surface area (Å²) in [5.74, 6) is 1.51. The van der Waals surface area contributed by atoms with Crippen LogP contribution in [0.25, 0.3) is 0 Å². The fourth-order valence-electron chi connectivity index (χ4n) is 2.69. The number of methoxy groups -OCH3 is 1. The van der Waals surface area contributed by atoms with E-state index in [0.29, 0.717) is 17.4 Å². The van der Waals surface area contributed by atoms with E-state index >= 15 is 0 Å². The molecule has 110 valence electrons. The van der Waals surface area contributed by atoms with Crippen LogP contribution in [0.2, 0.25) is 0 Å². The number of ether oxygens (including phenoxy) is 2. The van der Waals surface area contributed by atoms with E-state index in [1.165, 1.54) is 6.07 Å². The van der Waals surface area contributed by atoms with Crippen LogP contribution in [0.3, 0.4) is 0 Å². The maximum Gasteiger partial charge on any atom is 0.335 e. The van der Waals surface area contributed by atoms with Gasteiger partial charge in [0.25, 0.3) is 0 Å². The zero-order valence-electron chi connectivity index (χ0n) is 12.3. The van der Waals surface area contributed by atoms with Crippen molar-refractivity contribution >= 4 is 5.97 Å². The average molecular weight is 278 g/mol. The highest BCUT2D eigenvalue weighted by molar-refractivity contribution is 5.88. The van der Waals surface area contributed by atoms with Crippen LogP contribution in [0.4, 0.5) is 0 Å². The Hall–Kier alpha value is -1.71. The molecule has 1 N–H and O–H groups in total. The lowest BCUT2D eigenvalue weighted by Gasteiger charge is -2.32. The van der Waals surface area contributed by atoms with Crippen LogP contribution >= 0.6 is 0 Å². The number of carboxylic acid groups (broad SMARTS) is 1. The Morgan fingerprint density at radius 3 is 2.55 bits per heavy atom. The second kappa shape index (κ2) is 6.16. The van der Waals surface area contributed by atoms with Gasteiger partial charge in [-0.3, -0.25) is 0 Å². The first-order chi connectivity index (χ1) is 9.51. The molecule has 0 heterocycles. The van der Waals surface area contributed by atoms with Crippen molar-refractivity contribution < 1.29 is 19.4 Å². The van der Waals surface area contributed by atoms with Gasteiger partial charge < -0.3 is 14.6 Å². The van der Waals surface area contributed by atoms with Gasteiger partial charge in [0.2, 0.25) is 0 Å². The van der Waals surface area contributed by atoms with E-state index in [1.807, 2.05) is 0 Å². The molecule has 1 aromatic rings. The Labute approximate surface area is 119 Å². The Morgan fingerprint density at radius 1 is 1.20 bits per heavy atom. The molecule has 2 rings (SSSR count). The minimum Gasteiger partial charge on any atom is -0.493 e. The molecule has 0 bridgehead atoms. The van der Waals surface area contributed by atoms with Crippen molar-refractivity contribution in [2.24, 2.45) is 11.8 Å². The first-order valence-electron chi connectivity index (χ1n) is 7.09. The highest BCUT2D eigenvalue weighted by Crippen LogP contribution is 2.35. The minimum absolute atomic E-state index is 0.138. The fourth-order valence-corrected chi connectivity index (χ4v) is 2.69. The molecule has 0 radical (unpaired) electrons. The van der Waals surface area contributed by atoms with E-state index in [0.717, 1.165) is 25.2 Å². The van der Waals surface area contributed by atoms with Crippen LogP contribution in [0.15, 0.2) is 18.2 Å². The van der Waals surface area contributed by atoms with Crippen LogP contribution in [-0.4, -0.2) is 24.3 Å². The van der Waals surface area contributed by atoms with E-state index in [1.54, 1.807) is 19.2 Å². The molecular weight excluding hydrogens is 256 g/mol. The van der Waals surface area contributed by atoms with Gasteiger partial charge in [-0.1, -0.05) is 13.8 Å². The number of aromatic carboxylic acids is 1. The first kappa shape index (κ1) is 14.7. The maximum atomic E-state index is 11.0. The van der Waals surface area contributed by atoms with Gasteiger partial charge in [-0.05, 0) is 49.3 Å². The predicted molar refractivity (Wildman–Crippen MR) is 76.5 cm³/mol. The number of carbonyl (C=O) groups is 1. The molecule has 4 nitrogen and oxygen atoms in total. The van der Waals surface area contributed by atoms with Crippen LogP contribution in [-0.2, 0) is 0 Å². The van der Waals surface area contributed by atoms with Gasteiger partial charge in [-0.2, -0.15) is 0 Å². The molecule has 0 aromatic heterocycles. The zero-order chi connectivity index (χ0) is 14.7. The van der Waals surface area contributed by atoms with Gasteiger partial charge in [0.05, 0.1) is 18.8 Å². The summed E-state index contributed by atoms with van der Waals surface area (Å²) in [7, 11) is 1.56. The summed E-state index contributed by atoms with van der Waals surface area (Å²) in [4.78, 5) is 11.0. The predicted octanol–water partition coefficient (Wildman–Crippen LogP) is 3.60. The summed E-state index contributed by atoms with van der Waals surface area (Å²) >= 11 is 0. The average Bonchev–Trinajstić information content (AvgIpc) is 2.42. The molecule has 1 saturated carbocycles. The van der Waals surface area contributed by atoms with E-state index in [-0.39, 0.29) is 11.7 Å². The van der Waals surface area contributed by atoms with Crippen LogP contribution in [0.1, 0.15) is 43.5 Å². The SMILES string of the molecule is COc1ccc(C(=O)O)cc1OC1CCC(C)C(C)C1. The molecule has 20 heavy (non-hydrogen) atoms. The smallest absolute Gasteiger partial charge is 0.335 e. The van der Waals surface area contributed by atoms with Gasteiger partial charge in [0.1, 0.15) is 0 Å². The molecule has 1 aliphatic carbocycles. The quantitative estimate of drug-likeness (QED) is 0.914. The van der Waals surface area contributed by atoms with Crippen LogP contribution < -0.4 is 9.47 Å². The van der Waals surface area contributed by atoms with Crippen molar-refractivity contribution in [2.75, 3.05) is 7.11 Å². The second-order valence-corrected chi connectivity index (χ2v) is 5.68. The summed E-state index contributed by atoms with van der Waals surface area (Å²) in [6.45, 7) is 4.51. The molecule has 0 aliphatic heterocycles. The molecule has 4 heteroatoms. The molecule has 3 unspecified atom stereocenters. The molecule has 0 amide bonds. The van der Waals surface area contributed by atoms with Gasteiger partial charge >= 0.3 is 5.97 Å². The van der Waals surface area contributed by atoms with Gasteiger partial charge in [0, 0.05) is 0 Å². The molecule has 1 aromatic carbocycles. The molecule has 1 fully saturated rings. The molecule has 0 saturated heterocycles. The summed E-state index contributed by atoms with van der Waals surface area (Å²) in [6.07, 6.45) is 3.29. The van der Waals surface area contributed by atoms with Gasteiger partial charge in [0.15, 0.2) is 11.5 Å². The zero-order valence-corrected chi connectivity index (χ0v) is 12.3. The molecule has 1 aliphatic rings. The Morgan fingerprint density at radius 2 is 1.95 bits per heavy atom. The van der Waals surface area contributed by atoms with Gasteiger partial charge in [-0.15, -0.1) is 0 Å². The highest BCUT2D eigenvalue weighted by atomic mass is 16.5. The Bertz CT molecular complexity index is 483. The fraction of sp³-hybridized carbons (Fsp3) is 0.562. The van der Waals surface area contributed by atoms with E-state index in [9.17, 15) is 4.79 Å². The normalized spacial score (nSPS) is 26.1. The minimum atomic E-state index is -0.955. The Balaban J connectivity index is 2.15. The number of hydrogen-bond acceptors (Lipinski definition) is 3. The van der Waals surface area contributed by atoms with E-state index in [2.05, 4.69) is 13.8 Å². The maximum absolute atomic E-state index is 11.0. The van der Waals surface area contributed by atoms with Crippen molar-refractivity contribution in [2.45, 2.75) is 39.2 Å². The number of rotatable bonds is 4. The third-order valence-corrected chi connectivity index (χ3v) is 4.25. The summed E-state index contributed by atoms with van der Waals surface area (Å²) in [5, 5.41) is 9.06. The lowest BCUT2D eigenvalue weighted by molar-refractivity contribution is 0.0693. The largest absolute Gasteiger partial charge is 0.493 e. The summed E-state index contributed by atoms with van der Waals surface area (Å²) in [5.41, 5.74) is 0.220. The Kier molecular flexibility index (Phi) is 4.53. The van der Waals surface area contributed by atoms with Crippen LogP contribution in [0, 0.1) is 11.8 Å². The first-order valence-corrected chi connectivity index (χ1v) is 7.09. The molecular formula is C16H22O4.